The summed E-state index contributed by atoms with van der Waals surface area (Å²) in [6.07, 6.45) is 0. The van der Waals surface area contributed by atoms with Crippen molar-refractivity contribution in [3.05, 3.63) is 58.1 Å². The second-order valence-corrected chi connectivity index (χ2v) is 5.78. The first-order chi connectivity index (χ1) is 11.0. The summed E-state index contributed by atoms with van der Waals surface area (Å²) in [6, 6.07) is 12.2. The molecular formula is C17H13Cl2N2O2-. The van der Waals surface area contributed by atoms with E-state index in [1.165, 1.54) is 0 Å². The van der Waals surface area contributed by atoms with Crippen molar-refractivity contribution in [2.75, 3.05) is 5.32 Å². The number of fused-ring (bicyclic) bond motifs is 1. The number of nitrogens with one attached hydrogen (secondary N) is 1. The van der Waals surface area contributed by atoms with E-state index in [4.69, 9.17) is 23.2 Å². The molecule has 1 amide bonds. The molecule has 0 saturated heterocycles. The minimum atomic E-state index is -0.498. The monoisotopic (exact) mass is 347 g/mol. The van der Waals surface area contributed by atoms with E-state index >= 15 is 0 Å². The van der Waals surface area contributed by atoms with Gasteiger partial charge in [-0.15, -0.1) is 0 Å². The Bertz CT molecular complexity index is 903. The van der Waals surface area contributed by atoms with Gasteiger partial charge in [0, 0.05) is 17.4 Å². The number of hydrogen-bond acceptors (Lipinski definition) is 2. The summed E-state index contributed by atoms with van der Waals surface area (Å²) in [7, 11) is 0. The highest BCUT2D eigenvalue weighted by molar-refractivity contribution is 6.44. The molecule has 23 heavy (non-hydrogen) atoms. The van der Waals surface area contributed by atoms with Crippen LogP contribution < -0.4 is 10.4 Å². The summed E-state index contributed by atoms with van der Waals surface area (Å²) in [6.45, 7) is 2.36. The Hall–Kier alpha value is -2.17. The molecule has 0 aliphatic heterocycles. The number of benzene rings is 2. The number of nitrogens with zero attached hydrogens (tertiary/aromatic N) is 1. The number of para-hydroxylation sites is 1. The number of aryl methyl sites for hydroxylation is 1. The highest BCUT2D eigenvalue weighted by atomic mass is 35.5. The molecule has 6 heteroatoms. The van der Waals surface area contributed by atoms with Gasteiger partial charge >= 0.3 is 0 Å². The van der Waals surface area contributed by atoms with Crippen molar-refractivity contribution in [1.82, 2.24) is 4.57 Å². The van der Waals surface area contributed by atoms with Crippen molar-refractivity contribution in [3.63, 3.8) is 0 Å². The van der Waals surface area contributed by atoms with Crippen LogP contribution in [0.4, 0.5) is 5.69 Å². The highest BCUT2D eigenvalue weighted by Crippen LogP contribution is 2.33. The lowest BCUT2D eigenvalue weighted by Crippen LogP contribution is -2.15. The number of rotatable bonds is 3. The molecule has 3 rings (SSSR count). The Morgan fingerprint density at radius 3 is 2.65 bits per heavy atom. The number of aromatic nitrogens is 1. The number of amides is 1. The van der Waals surface area contributed by atoms with E-state index in [0.717, 1.165) is 5.52 Å². The van der Waals surface area contributed by atoms with Gasteiger partial charge in [0.1, 0.15) is 0 Å². The van der Waals surface area contributed by atoms with Gasteiger partial charge in [0.05, 0.1) is 21.3 Å². The van der Waals surface area contributed by atoms with E-state index in [9.17, 15) is 9.90 Å². The standard InChI is InChI=1S/C17H14Cl2N2O2/c1-2-21-13-9-4-3-6-10(13)14(17(21)23)16(22)20-12-8-5-7-11(18)15(12)19/h3-9,23H,2H2,1H3,(H,20,22)/p-1. The quantitative estimate of drug-likeness (QED) is 0.767. The Morgan fingerprint density at radius 2 is 1.91 bits per heavy atom. The molecule has 0 aliphatic carbocycles. The lowest BCUT2D eigenvalue weighted by atomic mass is 10.1. The fourth-order valence-electron chi connectivity index (χ4n) is 2.60. The average Bonchev–Trinajstić information content (AvgIpc) is 2.83. The summed E-state index contributed by atoms with van der Waals surface area (Å²) in [5, 5.41) is 16.4. The van der Waals surface area contributed by atoms with Gasteiger partial charge in [-0.3, -0.25) is 4.79 Å². The summed E-state index contributed by atoms with van der Waals surface area (Å²) in [4.78, 5) is 12.6. The van der Waals surface area contributed by atoms with E-state index in [0.29, 0.717) is 22.6 Å². The number of halogens is 2. The average molecular weight is 348 g/mol. The first-order valence-electron chi connectivity index (χ1n) is 7.08. The molecule has 0 fully saturated rings. The maximum absolute atomic E-state index is 12.6. The van der Waals surface area contributed by atoms with Crippen LogP contribution in [0.5, 0.6) is 5.88 Å². The van der Waals surface area contributed by atoms with Gasteiger partial charge < -0.3 is 15.0 Å². The summed E-state index contributed by atoms with van der Waals surface area (Å²) in [5.74, 6) is -0.813. The molecule has 118 valence electrons. The molecule has 1 aromatic heterocycles. The zero-order valence-corrected chi connectivity index (χ0v) is 13.8. The minimum absolute atomic E-state index is 0.110. The minimum Gasteiger partial charge on any atom is -0.859 e. The van der Waals surface area contributed by atoms with Crippen molar-refractivity contribution < 1.29 is 9.90 Å². The summed E-state index contributed by atoms with van der Waals surface area (Å²) in [5.41, 5.74) is 1.22. The van der Waals surface area contributed by atoms with Crippen LogP contribution in [0.2, 0.25) is 10.0 Å². The number of anilines is 1. The van der Waals surface area contributed by atoms with Gasteiger partial charge in [-0.25, -0.2) is 0 Å². The summed E-state index contributed by atoms with van der Waals surface area (Å²) < 4.78 is 1.57. The predicted molar refractivity (Wildman–Crippen MR) is 91.5 cm³/mol. The van der Waals surface area contributed by atoms with Crippen molar-refractivity contribution in [3.8, 4) is 5.88 Å². The van der Waals surface area contributed by atoms with E-state index in [2.05, 4.69) is 5.32 Å². The van der Waals surface area contributed by atoms with Crippen LogP contribution >= 0.6 is 23.2 Å². The molecule has 0 bridgehead atoms. The number of carbonyl (C=O) groups excluding carboxylic acids is 1. The van der Waals surface area contributed by atoms with Crippen LogP contribution in [-0.2, 0) is 6.54 Å². The number of hydrogen-bond donors (Lipinski definition) is 1. The predicted octanol–water partition coefficient (Wildman–Crippen LogP) is 4.29. The van der Waals surface area contributed by atoms with Crippen LogP contribution in [0.25, 0.3) is 10.9 Å². The molecule has 0 saturated carbocycles. The molecule has 1 N–H and O–H groups in total. The first-order valence-corrected chi connectivity index (χ1v) is 7.83. The molecule has 0 aliphatic rings. The Morgan fingerprint density at radius 1 is 1.17 bits per heavy atom. The van der Waals surface area contributed by atoms with Crippen LogP contribution in [0.1, 0.15) is 17.3 Å². The normalized spacial score (nSPS) is 10.9. The third-order valence-electron chi connectivity index (χ3n) is 3.67. The van der Waals surface area contributed by atoms with Crippen LogP contribution in [0, 0.1) is 0 Å². The molecule has 4 nitrogen and oxygen atoms in total. The second-order valence-electron chi connectivity index (χ2n) is 5.00. The fraction of sp³-hybridized carbons (Fsp3) is 0.118. The first kappa shape index (κ1) is 15.7. The topological polar surface area (TPSA) is 57.1 Å². The van der Waals surface area contributed by atoms with E-state index in [-0.39, 0.29) is 16.5 Å². The fourth-order valence-corrected chi connectivity index (χ4v) is 2.95. The molecule has 0 unspecified atom stereocenters. The van der Waals surface area contributed by atoms with Gasteiger partial charge in [-0.05, 0) is 31.0 Å². The zero-order valence-electron chi connectivity index (χ0n) is 12.3. The van der Waals surface area contributed by atoms with Crippen molar-refractivity contribution in [1.29, 1.82) is 0 Å². The van der Waals surface area contributed by atoms with Crippen molar-refractivity contribution in [2.24, 2.45) is 0 Å². The van der Waals surface area contributed by atoms with Gasteiger partial charge in [0.25, 0.3) is 5.91 Å². The molecule has 0 spiro atoms. The van der Waals surface area contributed by atoms with Gasteiger partial charge in [0.15, 0.2) is 0 Å². The molecule has 1 heterocycles. The SMILES string of the molecule is CCn1c([O-])c(C(=O)Nc2cccc(Cl)c2Cl)c2ccccc21. The summed E-state index contributed by atoms with van der Waals surface area (Å²) >= 11 is 12.0. The lowest BCUT2D eigenvalue weighted by Gasteiger charge is -2.14. The molecule has 3 aromatic rings. The third kappa shape index (κ3) is 2.64. The van der Waals surface area contributed by atoms with Crippen molar-refractivity contribution in [2.45, 2.75) is 13.5 Å². The van der Waals surface area contributed by atoms with Gasteiger partial charge in [-0.2, -0.15) is 0 Å². The largest absolute Gasteiger partial charge is 0.859 e. The smallest absolute Gasteiger partial charge is 0.257 e. The maximum Gasteiger partial charge on any atom is 0.257 e. The van der Waals surface area contributed by atoms with Crippen LogP contribution in [0.15, 0.2) is 42.5 Å². The Balaban J connectivity index is 2.08. The second kappa shape index (κ2) is 6.14. The van der Waals surface area contributed by atoms with E-state index in [1.54, 1.807) is 34.9 Å². The maximum atomic E-state index is 12.6. The van der Waals surface area contributed by atoms with Crippen LogP contribution in [-0.4, -0.2) is 10.5 Å². The zero-order chi connectivity index (χ0) is 16.6. The van der Waals surface area contributed by atoms with Crippen LogP contribution in [0.3, 0.4) is 0 Å². The Kier molecular flexibility index (Phi) is 4.20. The highest BCUT2D eigenvalue weighted by Gasteiger charge is 2.18. The third-order valence-corrected chi connectivity index (χ3v) is 4.49. The molecule has 2 aromatic carbocycles. The van der Waals surface area contributed by atoms with Gasteiger partial charge in [0.2, 0.25) is 0 Å². The Labute approximate surface area is 143 Å². The molecule has 0 atom stereocenters. The van der Waals surface area contributed by atoms with E-state index < -0.39 is 5.91 Å². The van der Waals surface area contributed by atoms with E-state index in [1.807, 2.05) is 19.1 Å². The van der Waals surface area contributed by atoms with Gasteiger partial charge in [-0.1, -0.05) is 47.5 Å². The molecular weight excluding hydrogens is 335 g/mol. The number of carbonyl (C=O) groups is 1. The van der Waals surface area contributed by atoms with Crippen molar-refractivity contribution >= 4 is 45.7 Å². The molecule has 0 radical (unpaired) electrons. The lowest BCUT2D eigenvalue weighted by molar-refractivity contribution is -0.278.